The van der Waals surface area contributed by atoms with Crippen LogP contribution in [0.25, 0.3) is 0 Å². The first-order valence-electron chi connectivity index (χ1n) is 5.57. The van der Waals surface area contributed by atoms with Crippen molar-refractivity contribution >= 4 is 5.97 Å². The molecule has 0 aliphatic carbocycles. The summed E-state index contributed by atoms with van der Waals surface area (Å²) in [6.45, 7) is 0.652. The Labute approximate surface area is 105 Å². The molecule has 0 saturated carbocycles. The molecule has 1 aromatic carbocycles. The lowest BCUT2D eigenvalue weighted by atomic mass is 10.1. The van der Waals surface area contributed by atoms with Crippen molar-refractivity contribution in [2.24, 2.45) is 0 Å². The number of carbonyl (C=O) groups is 1. The number of hydrogen-bond acceptors (Lipinski definition) is 3. The minimum Gasteiger partial charge on any atom is -0.497 e. The lowest BCUT2D eigenvalue weighted by Crippen LogP contribution is -2.02. The maximum absolute atomic E-state index is 10.7. The molecule has 0 radical (unpaired) electrons. The third kappa shape index (κ3) is 2.88. The summed E-state index contributed by atoms with van der Waals surface area (Å²) in [5.74, 6) is -0.128. The van der Waals surface area contributed by atoms with E-state index in [2.05, 4.69) is 5.10 Å². The molecular formula is C13H14N2O3. The second-order valence-corrected chi connectivity index (χ2v) is 3.90. The molecule has 1 heterocycles. The molecule has 2 rings (SSSR count). The molecule has 0 spiro atoms. The van der Waals surface area contributed by atoms with Crippen LogP contribution in [0.15, 0.2) is 36.7 Å². The Hall–Kier alpha value is -2.30. The van der Waals surface area contributed by atoms with E-state index in [0.717, 1.165) is 17.7 Å². The van der Waals surface area contributed by atoms with Crippen molar-refractivity contribution in [3.63, 3.8) is 0 Å². The van der Waals surface area contributed by atoms with E-state index in [0.29, 0.717) is 6.54 Å². The Kier molecular flexibility index (Phi) is 3.62. The Morgan fingerprint density at radius 1 is 1.39 bits per heavy atom. The number of aromatic nitrogens is 2. The fourth-order valence-corrected chi connectivity index (χ4v) is 1.63. The van der Waals surface area contributed by atoms with Gasteiger partial charge in [0.05, 0.1) is 18.9 Å². The highest BCUT2D eigenvalue weighted by molar-refractivity contribution is 5.86. The normalized spacial score (nSPS) is 10.3. The molecule has 0 amide bonds. The minimum absolute atomic E-state index is 0.213. The SMILES string of the molecule is COc1ccc(CCn2cc(C(=O)O)cn2)cc1. The lowest BCUT2D eigenvalue weighted by Gasteiger charge is -2.03. The number of carboxylic acid groups (broad SMARTS) is 1. The Bertz CT molecular complexity index is 531. The van der Waals surface area contributed by atoms with Crippen LogP contribution in [0, 0.1) is 0 Å². The molecule has 1 N–H and O–H groups in total. The van der Waals surface area contributed by atoms with Crippen LogP contribution in [0.3, 0.4) is 0 Å². The van der Waals surface area contributed by atoms with Gasteiger partial charge in [-0.2, -0.15) is 5.10 Å². The second kappa shape index (κ2) is 5.35. The molecule has 94 valence electrons. The summed E-state index contributed by atoms with van der Waals surface area (Å²) >= 11 is 0. The number of carboxylic acids is 1. The number of methoxy groups -OCH3 is 1. The monoisotopic (exact) mass is 246 g/mol. The molecule has 0 atom stereocenters. The van der Waals surface area contributed by atoms with E-state index >= 15 is 0 Å². The average molecular weight is 246 g/mol. The molecule has 1 aromatic heterocycles. The molecule has 0 unspecified atom stereocenters. The van der Waals surface area contributed by atoms with Crippen LogP contribution in [0.4, 0.5) is 0 Å². The molecular weight excluding hydrogens is 232 g/mol. The van der Waals surface area contributed by atoms with E-state index in [4.69, 9.17) is 9.84 Å². The van der Waals surface area contributed by atoms with Crippen molar-refractivity contribution in [3.05, 3.63) is 47.8 Å². The first-order chi connectivity index (χ1) is 8.69. The molecule has 0 saturated heterocycles. The summed E-state index contributed by atoms with van der Waals surface area (Å²) in [5.41, 5.74) is 1.37. The van der Waals surface area contributed by atoms with Crippen molar-refractivity contribution < 1.29 is 14.6 Å². The van der Waals surface area contributed by atoms with Gasteiger partial charge in [-0.1, -0.05) is 12.1 Å². The molecule has 0 bridgehead atoms. The summed E-state index contributed by atoms with van der Waals surface area (Å²) in [6.07, 6.45) is 3.69. The lowest BCUT2D eigenvalue weighted by molar-refractivity contribution is 0.0697. The van der Waals surface area contributed by atoms with Crippen LogP contribution in [0.5, 0.6) is 5.75 Å². The van der Waals surface area contributed by atoms with Gasteiger partial charge in [-0.3, -0.25) is 4.68 Å². The van der Waals surface area contributed by atoms with Gasteiger partial charge in [0, 0.05) is 12.7 Å². The number of aryl methyl sites for hydroxylation is 2. The van der Waals surface area contributed by atoms with Crippen LogP contribution in [-0.2, 0) is 13.0 Å². The van der Waals surface area contributed by atoms with Crippen LogP contribution in [0.1, 0.15) is 15.9 Å². The van der Waals surface area contributed by atoms with Crippen molar-refractivity contribution in [2.75, 3.05) is 7.11 Å². The molecule has 18 heavy (non-hydrogen) atoms. The molecule has 5 heteroatoms. The highest BCUT2D eigenvalue weighted by atomic mass is 16.5. The first kappa shape index (κ1) is 12.2. The van der Waals surface area contributed by atoms with Crippen LogP contribution in [0.2, 0.25) is 0 Å². The fraction of sp³-hybridized carbons (Fsp3) is 0.231. The highest BCUT2D eigenvalue weighted by Crippen LogP contribution is 2.12. The van der Waals surface area contributed by atoms with Gasteiger partial charge < -0.3 is 9.84 Å². The molecule has 0 aliphatic rings. The zero-order chi connectivity index (χ0) is 13.0. The smallest absolute Gasteiger partial charge is 0.338 e. The third-order valence-electron chi connectivity index (χ3n) is 2.67. The average Bonchev–Trinajstić information content (AvgIpc) is 2.86. The Morgan fingerprint density at radius 2 is 2.11 bits per heavy atom. The Morgan fingerprint density at radius 3 is 2.67 bits per heavy atom. The van der Waals surface area contributed by atoms with E-state index in [1.165, 1.54) is 12.4 Å². The quantitative estimate of drug-likeness (QED) is 0.874. The van der Waals surface area contributed by atoms with Crippen molar-refractivity contribution in [1.82, 2.24) is 9.78 Å². The summed E-state index contributed by atoms with van der Waals surface area (Å²) in [6, 6.07) is 7.78. The molecule has 2 aromatic rings. The summed E-state index contributed by atoms with van der Waals surface area (Å²) < 4.78 is 6.71. The predicted molar refractivity (Wildman–Crippen MR) is 65.9 cm³/mol. The standard InChI is InChI=1S/C13H14N2O3/c1-18-12-4-2-10(3-5-12)6-7-15-9-11(8-14-15)13(16)17/h2-5,8-9H,6-7H2,1H3,(H,16,17). The number of ether oxygens (including phenoxy) is 1. The minimum atomic E-state index is -0.953. The van der Waals surface area contributed by atoms with Crippen molar-refractivity contribution in [2.45, 2.75) is 13.0 Å². The number of rotatable bonds is 5. The van der Waals surface area contributed by atoms with Gasteiger partial charge >= 0.3 is 5.97 Å². The van der Waals surface area contributed by atoms with Crippen LogP contribution < -0.4 is 4.74 Å². The first-order valence-corrected chi connectivity index (χ1v) is 5.57. The molecule has 5 nitrogen and oxygen atoms in total. The van der Waals surface area contributed by atoms with Gasteiger partial charge in [-0.25, -0.2) is 4.79 Å². The van der Waals surface area contributed by atoms with Gasteiger partial charge in [-0.05, 0) is 24.1 Å². The van der Waals surface area contributed by atoms with Crippen LogP contribution in [-0.4, -0.2) is 28.0 Å². The summed E-state index contributed by atoms with van der Waals surface area (Å²) in [4.78, 5) is 10.7. The third-order valence-corrected chi connectivity index (χ3v) is 2.67. The Balaban J connectivity index is 1.95. The number of benzene rings is 1. The highest BCUT2D eigenvalue weighted by Gasteiger charge is 2.05. The van der Waals surface area contributed by atoms with Gasteiger partial charge in [0.15, 0.2) is 0 Å². The topological polar surface area (TPSA) is 64.3 Å². The van der Waals surface area contributed by atoms with Gasteiger partial charge in [-0.15, -0.1) is 0 Å². The molecule has 0 fully saturated rings. The number of aromatic carboxylic acids is 1. The van der Waals surface area contributed by atoms with E-state index in [1.807, 2.05) is 24.3 Å². The van der Waals surface area contributed by atoms with E-state index in [1.54, 1.807) is 11.8 Å². The zero-order valence-electron chi connectivity index (χ0n) is 10.0. The van der Waals surface area contributed by atoms with E-state index < -0.39 is 5.97 Å². The number of nitrogens with zero attached hydrogens (tertiary/aromatic N) is 2. The van der Waals surface area contributed by atoms with E-state index in [-0.39, 0.29) is 5.56 Å². The molecule has 0 aliphatic heterocycles. The largest absolute Gasteiger partial charge is 0.497 e. The van der Waals surface area contributed by atoms with Gasteiger partial charge in [0.25, 0.3) is 0 Å². The van der Waals surface area contributed by atoms with Gasteiger partial charge in [0.1, 0.15) is 5.75 Å². The van der Waals surface area contributed by atoms with E-state index in [9.17, 15) is 4.79 Å². The fourth-order valence-electron chi connectivity index (χ4n) is 1.63. The zero-order valence-corrected chi connectivity index (χ0v) is 10.0. The predicted octanol–water partition coefficient (Wildman–Crippen LogP) is 1.83. The van der Waals surface area contributed by atoms with Crippen molar-refractivity contribution in [3.8, 4) is 5.75 Å². The summed E-state index contributed by atoms with van der Waals surface area (Å²) in [7, 11) is 1.63. The maximum atomic E-state index is 10.7. The summed E-state index contributed by atoms with van der Waals surface area (Å²) in [5, 5.41) is 12.8. The number of hydrogen-bond donors (Lipinski definition) is 1. The second-order valence-electron chi connectivity index (χ2n) is 3.90. The maximum Gasteiger partial charge on any atom is 0.338 e. The van der Waals surface area contributed by atoms with Crippen molar-refractivity contribution in [1.29, 1.82) is 0 Å². The van der Waals surface area contributed by atoms with Gasteiger partial charge in [0.2, 0.25) is 0 Å². The van der Waals surface area contributed by atoms with Crippen LogP contribution >= 0.6 is 0 Å².